The topological polar surface area (TPSA) is 72.5 Å². The van der Waals surface area contributed by atoms with Crippen LogP contribution < -0.4 is 18.9 Å². The van der Waals surface area contributed by atoms with E-state index in [1.165, 1.54) is 7.11 Å². The molecule has 0 N–H and O–H groups in total. The number of ether oxygens (including phenoxy) is 6. The van der Waals surface area contributed by atoms with E-state index in [1.54, 1.807) is 0 Å². The summed E-state index contributed by atoms with van der Waals surface area (Å²) in [7, 11) is 1.51. The molecule has 6 aromatic carbocycles. The van der Waals surface area contributed by atoms with Gasteiger partial charge in [-0.1, -0.05) is 127 Å². The molecule has 0 aliphatic carbocycles. The number of hydrogen-bond acceptors (Lipinski definition) is 7. The van der Waals surface area contributed by atoms with Gasteiger partial charge in [-0.2, -0.15) is 0 Å². The third-order valence-corrected chi connectivity index (χ3v) is 9.14. The monoisotopic (exact) mass is 706 g/mol. The molecule has 3 atom stereocenters. The van der Waals surface area contributed by atoms with Crippen LogP contribution in [0.15, 0.2) is 152 Å². The average molecular weight is 707 g/mol. The molecule has 0 fully saturated rings. The lowest BCUT2D eigenvalue weighted by Crippen LogP contribution is -2.36. The van der Waals surface area contributed by atoms with Crippen LogP contribution in [0.25, 0.3) is 0 Å². The Morgan fingerprint density at radius 1 is 0.642 bits per heavy atom. The molecular weight excluding hydrogens is 664 g/mol. The molecule has 7 nitrogen and oxygen atoms in total. The molecule has 0 unspecified atom stereocenters. The van der Waals surface area contributed by atoms with E-state index >= 15 is 0 Å². The Morgan fingerprint density at radius 3 is 1.74 bits per heavy atom. The van der Waals surface area contributed by atoms with Gasteiger partial charge in [0.1, 0.15) is 37.4 Å². The largest absolute Gasteiger partial charge is 0.488 e. The van der Waals surface area contributed by atoms with E-state index in [9.17, 15) is 4.79 Å². The number of esters is 1. The van der Waals surface area contributed by atoms with Crippen LogP contribution in [0.3, 0.4) is 0 Å². The fourth-order valence-electron chi connectivity index (χ4n) is 6.44. The Morgan fingerprint density at radius 2 is 1.17 bits per heavy atom. The van der Waals surface area contributed by atoms with Gasteiger partial charge in [0.2, 0.25) is 0 Å². The van der Waals surface area contributed by atoms with Crippen LogP contribution in [0.5, 0.6) is 23.0 Å². The van der Waals surface area contributed by atoms with Crippen LogP contribution in [-0.2, 0) is 40.5 Å². The lowest BCUT2D eigenvalue weighted by atomic mass is 9.92. The second kappa shape index (κ2) is 17.0. The van der Waals surface area contributed by atoms with Crippen LogP contribution >= 0.6 is 0 Å². The molecule has 0 amide bonds. The molecule has 0 spiro atoms. The number of rotatable bonds is 14. The van der Waals surface area contributed by atoms with Crippen LogP contribution in [0, 0.1) is 6.92 Å². The van der Waals surface area contributed by atoms with Gasteiger partial charge in [-0.25, -0.2) is 4.79 Å². The second-order valence-corrected chi connectivity index (χ2v) is 13.0. The van der Waals surface area contributed by atoms with Gasteiger partial charge in [0.05, 0.1) is 0 Å². The van der Waals surface area contributed by atoms with E-state index in [0.717, 1.165) is 33.4 Å². The zero-order chi connectivity index (χ0) is 36.4. The molecule has 0 aromatic heterocycles. The summed E-state index contributed by atoms with van der Waals surface area (Å²) < 4.78 is 38.0. The number of aryl methyl sites for hydroxylation is 1. The minimum absolute atomic E-state index is 0.340. The Bertz CT molecular complexity index is 2090. The predicted octanol–water partition coefficient (Wildman–Crippen LogP) is 9.71. The molecule has 53 heavy (non-hydrogen) atoms. The first-order chi connectivity index (χ1) is 26.0. The van der Waals surface area contributed by atoms with Crippen molar-refractivity contribution in [3.05, 3.63) is 191 Å². The van der Waals surface area contributed by atoms with Crippen molar-refractivity contribution in [1.82, 2.24) is 0 Å². The first-order valence-electron chi connectivity index (χ1n) is 17.8. The molecule has 0 bridgehead atoms. The molecule has 7 heteroatoms. The summed E-state index contributed by atoms with van der Waals surface area (Å²) in [5.74, 6) is 1.99. The Balaban J connectivity index is 1.23. The van der Waals surface area contributed by atoms with Crippen LogP contribution in [0.1, 0.15) is 51.2 Å². The van der Waals surface area contributed by atoms with Crippen molar-refractivity contribution < 1.29 is 33.2 Å². The van der Waals surface area contributed by atoms with Gasteiger partial charge in [-0.05, 0) is 59.0 Å². The molecule has 0 radical (unpaired) electrons. The minimum atomic E-state index is -0.913. The van der Waals surface area contributed by atoms with Crippen molar-refractivity contribution in [2.24, 2.45) is 0 Å². The fourth-order valence-corrected chi connectivity index (χ4v) is 6.44. The van der Waals surface area contributed by atoms with Gasteiger partial charge in [-0.3, -0.25) is 0 Å². The van der Waals surface area contributed by atoms with Crippen LogP contribution in [-0.4, -0.2) is 19.2 Å². The summed E-state index contributed by atoms with van der Waals surface area (Å²) in [4.78, 5) is 13.9. The smallest absolute Gasteiger partial charge is 0.340 e. The molecule has 268 valence electrons. The van der Waals surface area contributed by atoms with Crippen molar-refractivity contribution >= 4 is 5.97 Å². The lowest BCUT2D eigenvalue weighted by molar-refractivity contribution is -0.167. The average Bonchev–Trinajstić information content (AvgIpc) is 3.20. The first-order valence-corrected chi connectivity index (χ1v) is 17.8. The first kappa shape index (κ1) is 35.4. The highest BCUT2D eigenvalue weighted by molar-refractivity contribution is 5.77. The molecule has 1 heterocycles. The maximum Gasteiger partial charge on any atom is 0.340 e. The Kier molecular flexibility index (Phi) is 11.3. The van der Waals surface area contributed by atoms with Crippen molar-refractivity contribution in [3.63, 3.8) is 0 Å². The van der Waals surface area contributed by atoms with Crippen molar-refractivity contribution in [2.75, 3.05) is 7.11 Å². The molecule has 0 saturated carbocycles. The number of benzene rings is 6. The quantitative estimate of drug-likeness (QED) is 0.105. The number of carbonyl (C=O) groups excluding carboxylic acids is 1. The standard InChI is InChI=1S/C46H42O7/c1-32-25-40(50-30-34-17-9-4-10-18-34)38-28-43(53-46(47)45(48-2)36-21-13-6-14-22-36)44(52-41(38)26-32)37-23-24-39(49-29-33-15-7-3-8-16-33)42(27-37)51-31-35-19-11-5-12-20-35/h3-27,43-45H,28-31H2,1-2H3/t43-,44-,45+/m1/s1. The van der Waals surface area contributed by atoms with Gasteiger partial charge in [0.25, 0.3) is 0 Å². The van der Waals surface area contributed by atoms with Crippen molar-refractivity contribution in [2.45, 2.75) is 51.5 Å². The number of carbonyl (C=O) groups is 1. The predicted molar refractivity (Wildman–Crippen MR) is 203 cm³/mol. The van der Waals surface area contributed by atoms with E-state index in [-0.39, 0.29) is 0 Å². The third-order valence-electron chi connectivity index (χ3n) is 9.14. The zero-order valence-corrected chi connectivity index (χ0v) is 29.9. The Hall–Kier alpha value is -6.05. The fraction of sp³-hybridized carbons (Fsp3) is 0.196. The summed E-state index contributed by atoms with van der Waals surface area (Å²) in [6.45, 7) is 3.11. The SMILES string of the molecule is CO[C@H](C(=O)O[C@@H]1Cc2c(OCc3ccccc3)cc(C)cc2O[C@@H]1c1ccc(OCc2ccccc2)c(OCc2ccccc2)c1)c1ccccc1. The zero-order valence-electron chi connectivity index (χ0n) is 29.9. The van der Waals surface area contributed by atoms with E-state index in [4.69, 9.17) is 28.4 Å². The number of hydrogen-bond donors (Lipinski definition) is 0. The van der Waals surface area contributed by atoms with Crippen LogP contribution in [0.4, 0.5) is 0 Å². The lowest BCUT2D eigenvalue weighted by Gasteiger charge is -2.35. The van der Waals surface area contributed by atoms with Gasteiger partial charge < -0.3 is 28.4 Å². The number of methoxy groups -OCH3 is 1. The molecule has 0 saturated heterocycles. The normalized spacial score (nSPS) is 15.4. The van der Waals surface area contributed by atoms with Crippen molar-refractivity contribution in [3.8, 4) is 23.0 Å². The maximum atomic E-state index is 13.9. The van der Waals surface area contributed by atoms with Gasteiger partial charge in [0.15, 0.2) is 23.7 Å². The van der Waals surface area contributed by atoms with E-state index in [2.05, 4.69) is 0 Å². The minimum Gasteiger partial charge on any atom is -0.488 e. The summed E-state index contributed by atoms with van der Waals surface area (Å²) in [5.41, 5.74) is 6.39. The van der Waals surface area contributed by atoms with E-state index in [1.807, 2.05) is 159 Å². The van der Waals surface area contributed by atoms with Gasteiger partial charge in [0, 0.05) is 24.7 Å². The maximum absolute atomic E-state index is 13.9. The summed E-state index contributed by atoms with van der Waals surface area (Å²) in [6.07, 6.45) is -1.96. The number of fused-ring (bicyclic) bond motifs is 1. The van der Waals surface area contributed by atoms with Crippen LogP contribution in [0.2, 0.25) is 0 Å². The van der Waals surface area contributed by atoms with Gasteiger partial charge in [-0.15, -0.1) is 0 Å². The molecule has 7 rings (SSSR count). The highest BCUT2D eigenvalue weighted by Gasteiger charge is 2.38. The molecular formula is C46H42O7. The summed E-state index contributed by atoms with van der Waals surface area (Å²) >= 11 is 0. The molecule has 1 aliphatic rings. The highest BCUT2D eigenvalue weighted by Crippen LogP contribution is 2.44. The molecule has 6 aromatic rings. The Labute approximate surface area is 310 Å². The third kappa shape index (κ3) is 8.88. The highest BCUT2D eigenvalue weighted by atomic mass is 16.6. The molecule has 1 aliphatic heterocycles. The van der Waals surface area contributed by atoms with Crippen molar-refractivity contribution in [1.29, 1.82) is 0 Å². The second-order valence-electron chi connectivity index (χ2n) is 13.0. The van der Waals surface area contributed by atoms with E-state index in [0.29, 0.717) is 54.8 Å². The summed E-state index contributed by atoms with van der Waals surface area (Å²) in [6, 6.07) is 49.1. The van der Waals surface area contributed by atoms with E-state index < -0.39 is 24.3 Å². The summed E-state index contributed by atoms with van der Waals surface area (Å²) in [5, 5.41) is 0. The van der Waals surface area contributed by atoms with Gasteiger partial charge >= 0.3 is 5.97 Å².